The van der Waals surface area contributed by atoms with Crippen LogP contribution in [0.4, 0.5) is 0 Å². The second-order valence-corrected chi connectivity index (χ2v) is 4.14. The maximum absolute atomic E-state index is 5.57. The molecule has 0 radical (unpaired) electrons. The van der Waals surface area contributed by atoms with Crippen LogP contribution in [-0.4, -0.2) is 21.6 Å². The van der Waals surface area contributed by atoms with Crippen molar-refractivity contribution < 1.29 is 0 Å². The van der Waals surface area contributed by atoms with Crippen LogP contribution < -0.4 is 0 Å². The van der Waals surface area contributed by atoms with E-state index in [-0.39, 0.29) is 0 Å². The minimum Gasteiger partial charge on any atom is -0.245 e. The molecule has 0 aromatic carbocycles. The Morgan fingerprint density at radius 1 is 1.31 bits per heavy atom. The van der Waals surface area contributed by atoms with Gasteiger partial charge in [0, 0.05) is 12.1 Å². The maximum atomic E-state index is 5.57. The highest BCUT2D eigenvalue weighted by atomic mass is 35.5. The monoisotopic (exact) mass is 216 g/mol. The largest absolute Gasteiger partial charge is 0.245 e. The standard InChI is InChI=1S/C9H13ClN2S/c10-5-2-1-3-7-13-9-4-6-11-8-12-9/h4,6,8H,1-3,5,7H2. The van der Waals surface area contributed by atoms with E-state index in [4.69, 9.17) is 11.6 Å². The zero-order valence-electron chi connectivity index (χ0n) is 7.45. The minimum absolute atomic E-state index is 0.776. The van der Waals surface area contributed by atoms with Gasteiger partial charge < -0.3 is 0 Å². The van der Waals surface area contributed by atoms with E-state index in [1.807, 2.05) is 6.07 Å². The second kappa shape index (κ2) is 7.15. The van der Waals surface area contributed by atoms with Crippen molar-refractivity contribution in [2.75, 3.05) is 11.6 Å². The smallest absolute Gasteiger partial charge is 0.116 e. The minimum atomic E-state index is 0.776. The molecule has 0 aliphatic rings. The van der Waals surface area contributed by atoms with Gasteiger partial charge in [-0.3, -0.25) is 0 Å². The van der Waals surface area contributed by atoms with Gasteiger partial charge in [-0.05, 0) is 24.7 Å². The first-order chi connectivity index (χ1) is 6.43. The molecule has 0 saturated heterocycles. The molecule has 1 rings (SSSR count). The summed E-state index contributed by atoms with van der Waals surface area (Å²) in [5.41, 5.74) is 0. The van der Waals surface area contributed by atoms with E-state index >= 15 is 0 Å². The first-order valence-electron chi connectivity index (χ1n) is 4.38. The molecule has 0 saturated carbocycles. The summed E-state index contributed by atoms with van der Waals surface area (Å²) in [6.45, 7) is 0. The number of hydrogen-bond acceptors (Lipinski definition) is 3. The molecule has 0 fully saturated rings. The summed E-state index contributed by atoms with van der Waals surface area (Å²) in [5.74, 6) is 1.89. The Hall–Kier alpha value is -0.280. The molecule has 1 aromatic heterocycles. The lowest BCUT2D eigenvalue weighted by Gasteiger charge is -1.98. The van der Waals surface area contributed by atoms with Crippen LogP contribution in [-0.2, 0) is 0 Å². The van der Waals surface area contributed by atoms with Crippen molar-refractivity contribution in [2.24, 2.45) is 0 Å². The van der Waals surface area contributed by atoms with Crippen molar-refractivity contribution in [2.45, 2.75) is 24.3 Å². The summed E-state index contributed by atoms with van der Waals surface area (Å²) in [7, 11) is 0. The molecule has 4 heteroatoms. The Balaban J connectivity index is 2.07. The van der Waals surface area contributed by atoms with E-state index in [1.165, 1.54) is 12.8 Å². The van der Waals surface area contributed by atoms with Crippen molar-refractivity contribution >= 4 is 23.4 Å². The van der Waals surface area contributed by atoms with Crippen LogP contribution in [0.3, 0.4) is 0 Å². The normalized spacial score (nSPS) is 10.2. The first-order valence-corrected chi connectivity index (χ1v) is 5.90. The summed E-state index contributed by atoms with van der Waals surface area (Å²) in [6, 6.07) is 1.94. The molecule has 0 aliphatic heterocycles. The van der Waals surface area contributed by atoms with Crippen molar-refractivity contribution in [3.8, 4) is 0 Å². The number of nitrogens with zero attached hydrogens (tertiary/aromatic N) is 2. The van der Waals surface area contributed by atoms with E-state index in [1.54, 1.807) is 24.3 Å². The molecule has 2 nitrogen and oxygen atoms in total. The number of unbranched alkanes of at least 4 members (excludes halogenated alkanes) is 2. The lowest BCUT2D eigenvalue weighted by molar-refractivity contribution is 0.782. The highest BCUT2D eigenvalue weighted by Gasteiger charge is 1.93. The summed E-state index contributed by atoms with van der Waals surface area (Å²) in [5, 5.41) is 1.06. The molecule has 0 bridgehead atoms. The molecule has 1 aromatic rings. The van der Waals surface area contributed by atoms with Gasteiger partial charge in [-0.1, -0.05) is 6.42 Å². The zero-order valence-corrected chi connectivity index (χ0v) is 9.02. The quantitative estimate of drug-likeness (QED) is 0.317. The van der Waals surface area contributed by atoms with E-state index < -0.39 is 0 Å². The number of thioether (sulfide) groups is 1. The lowest BCUT2D eigenvalue weighted by Crippen LogP contribution is -1.85. The molecule has 0 amide bonds. The Morgan fingerprint density at radius 3 is 2.92 bits per heavy atom. The molecule has 0 aliphatic carbocycles. The highest BCUT2D eigenvalue weighted by molar-refractivity contribution is 7.99. The number of hydrogen-bond donors (Lipinski definition) is 0. The summed E-state index contributed by atoms with van der Waals surface area (Å²) >= 11 is 7.35. The molecule has 72 valence electrons. The number of rotatable bonds is 6. The van der Waals surface area contributed by atoms with Gasteiger partial charge in [0.05, 0.1) is 5.03 Å². The van der Waals surface area contributed by atoms with E-state index in [2.05, 4.69) is 9.97 Å². The topological polar surface area (TPSA) is 25.8 Å². The van der Waals surface area contributed by atoms with Crippen molar-refractivity contribution in [3.05, 3.63) is 18.6 Å². The molecule has 1 heterocycles. The van der Waals surface area contributed by atoms with Crippen LogP contribution in [0.2, 0.25) is 0 Å². The fourth-order valence-corrected chi connectivity index (χ4v) is 1.94. The van der Waals surface area contributed by atoms with Gasteiger partial charge in [-0.15, -0.1) is 23.4 Å². The third-order valence-electron chi connectivity index (χ3n) is 1.58. The number of halogens is 1. The maximum Gasteiger partial charge on any atom is 0.116 e. The van der Waals surface area contributed by atoms with Crippen LogP contribution in [0.5, 0.6) is 0 Å². The fraction of sp³-hybridized carbons (Fsp3) is 0.556. The highest BCUT2D eigenvalue weighted by Crippen LogP contribution is 2.15. The van der Waals surface area contributed by atoms with E-state index in [0.29, 0.717) is 0 Å². The summed E-state index contributed by atoms with van der Waals surface area (Å²) in [6.07, 6.45) is 6.89. The molecular formula is C9H13ClN2S. The number of alkyl halides is 1. The third-order valence-corrected chi connectivity index (χ3v) is 2.88. The van der Waals surface area contributed by atoms with Crippen LogP contribution in [0.25, 0.3) is 0 Å². The Labute approximate surface area is 88.1 Å². The van der Waals surface area contributed by atoms with Gasteiger partial charge >= 0.3 is 0 Å². The van der Waals surface area contributed by atoms with Crippen LogP contribution in [0.15, 0.2) is 23.6 Å². The van der Waals surface area contributed by atoms with E-state index in [9.17, 15) is 0 Å². The molecule has 13 heavy (non-hydrogen) atoms. The molecule has 0 spiro atoms. The van der Waals surface area contributed by atoms with Gasteiger partial charge in [0.1, 0.15) is 6.33 Å². The van der Waals surface area contributed by atoms with Crippen LogP contribution in [0.1, 0.15) is 19.3 Å². The zero-order chi connectivity index (χ0) is 9.36. The van der Waals surface area contributed by atoms with Gasteiger partial charge in [0.25, 0.3) is 0 Å². The lowest BCUT2D eigenvalue weighted by atomic mass is 10.3. The Morgan fingerprint density at radius 2 is 2.23 bits per heavy atom. The van der Waals surface area contributed by atoms with Gasteiger partial charge in [-0.2, -0.15) is 0 Å². The van der Waals surface area contributed by atoms with Crippen molar-refractivity contribution in [1.82, 2.24) is 9.97 Å². The van der Waals surface area contributed by atoms with Crippen LogP contribution in [0, 0.1) is 0 Å². The van der Waals surface area contributed by atoms with Crippen LogP contribution >= 0.6 is 23.4 Å². The third kappa shape index (κ3) is 5.11. The predicted octanol–water partition coefficient (Wildman–Crippen LogP) is 2.98. The Bertz CT molecular complexity index is 218. The summed E-state index contributed by atoms with van der Waals surface area (Å²) in [4.78, 5) is 7.98. The molecule has 0 N–H and O–H groups in total. The predicted molar refractivity (Wildman–Crippen MR) is 57.3 cm³/mol. The van der Waals surface area contributed by atoms with Gasteiger partial charge in [0.2, 0.25) is 0 Å². The van der Waals surface area contributed by atoms with Crippen molar-refractivity contribution in [1.29, 1.82) is 0 Å². The molecular weight excluding hydrogens is 204 g/mol. The Kier molecular flexibility index (Phi) is 5.94. The van der Waals surface area contributed by atoms with Gasteiger partial charge in [-0.25, -0.2) is 9.97 Å². The number of aromatic nitrogens is 2. The first kappa shape index (κ1) is 10.8. The molecule has 0 atom stereocenters. The summed E-state index contributed by atoms with van der Waals surface area (Å²) < 4.78 is 0. The average Bonchev–Trinajstić information content (AvgIpc) is 2.19. The average molecular weight is 217 g/mol. The van der Waals surface area contributed by atoms with Gasteiger partial charge in [0.15, 0.2) is 0 Å². The SMILES string of the molecule is ClCCCCCSc1ccncn1. The molecule has 0 unspecified atom stereocenters. The second-order valence-electron chi connectivity index (χ2n) is 2.65. The van der Waals surface area contributed by atoms with Crippen molar-refractivity contribution in [3.63, 3.8) is 0 Å². The van der Waals surface area contributed by atoms with E-state index in [0.717, 1.165) is 23.1 Å². The fourth-order valence-electron chi connectivity index (χ4n) is 0.914.